The molecule has 15 nitrogen and oxygen atoms in total. The zero-order valence-corrected chi connectivity index (χ0v) is 31.2. The molecule has 3 aromatic rings. The van der Waals surface area contributed by atoms with Crippen LogP contribution < -0.4 is 62.0 Å². The molecule has 0 saturated carbocycles. The van der Waals surface area contributed by atoms with E-state index in [0.717, 1.165) is 0 Å². The lowest BCUT2D eigenvalue weighted by Crippen LogP contribution is -2.25. The summed E-state index contributed by atoms with van der Waals surface area (Å²) < 4.78 is 34.9. The first-order valence-electron chi connectivity index (χ1n) is 18.6. The van der Waals surface area contributed by atoms with E-state index in [1.807, 2.05) is 0 Å². The maximum Gasteiger partial charge on any atom is 0.251 e. The minimum atomic E-state index is -0.268. The molecule has 54 heavy (non-hydrogen) atoms. The minimum Gasteiger partial charge on any atom is -0.493 e. The Morgan fingerprint density at radius 1 is 0.444 bits per heavy atom. The van der Waals surface area contributed by atoms with E-state index in [-0.39, 0.29) is 18.4 Å². The van der Waals surface area contributed by atoms with E-state index in [2.05, 4.69) is 10.6 Å². The van der Waals surface area contributed by atoms with Crippen molar-refractivity contribution in [1.29, 1.82) is 0 Å². The van der Waals surface area contributed by atoms with Gasteiger partial charge in [-0.1, -0.05) is 0 Å². The number of carbonyl (C=O) groups is 2. The van der Waals surface area contributed by atoms with Gasteiger partial charge in [-0.15, -0.1) is 0 Å². The second kappa shape index (κ2) is 26.1. The van der Waals surface area contributed by atoms with E-state index in [1.54, 1.807) is 54.6 Å². The van der Waals surface area contributed by atoms with Crippen LogP contribution in [0.2, 0.25) is 0 Å². The maximum absolute atomic E-state index is 13.0. The van der Waals surface area contributed by atoms with Crippen LogP contribution in [0.15, 0.2) is 54.6 Å². The third kappa shape index (κ3) is 16.9. The Morgan fingerprint density at radius 3 is 1.00 bits per heavy atom. The Labute approximate surface area is 317 Å². The number of ether oxygens (including phenoxy) is 6. The van der Waals surface area contributed by atoms with E-state index in [9.17, 15) is 14.7 Å². The highest BCUT2D eigenvalue weighted by molar-refractivity contribution is 5.95. The molecule has 3 rings (SSSR count). The van der Waals surface area contributed by atoms with Crippen molar-refractivity contribution in [3.05, 3.63) is 71.3 Å². The molecule has 15 heteroatoms. The zero-order valence-electron chi connectivity index (χ0n) is 31.2. The van der Waals surface area contributed by atoms with E-state index in [0.29, 0.717) is 169 Å². The lowest BCUT2D eigenvalue weighted by Gasteiger charge is -2.14. The third-order valence-electron chi connectivity index (χ3n) is 7.63. The van der Waals surface area contributed by atoms with Gasteiger partial charge in [-0.2, -0.15) is 0 Å². The van der Waals surface area contributed by atoms with Gasteiger partial charge in [-0.05, 0) is 107 Å². The first kappa shape index (κ1) is 43.6. The molecule has 0 saturated heterocycles. The summed E-state index contributed by atoms with van der Waals surface area (Å²) in [6.45, 7) is 4.89. The van der Waals surface area contributed by atoms with E-state index < -0.39 is 0 Å². The fourth-order valence-electron chi connectivity index (χ4n) is 4.85. The first-order chi connectivity index (χ1) is 26.4. The number of hydrogen-bond donors (Lipinski definition) is 7. The van der Waals surface area contributed by atoms with Gasteiger partial charge >= 0.3 is 0 Å². The fraction of sp³-hybridized carbons (Fsp3) is 0.487. The van der Waals surface area contributed by atoms with Gasteiger partial charge in [0, 0.05) is 42.4 Å². The molecule has 0 aliphatic rings. The van der Waals surface area contributed by atoms with E-state index >= 15 is 0 Å². The SMILES string of the molecule is NCCCOc1cc(OCCCN)cc(C(=O)NCCCOc2cc(CO)cc(OCCCNC(=O)c3cc(OCCCN)cc(OCCCN)c3)c2)c1. The number of aliphatic hydroxyl groups excluding tert-OH is 1. The zero-order chi connectivity index (χ0) is 38.8. The van der Waals surface area contributed by atoms with Gasteiger partial charge in [0.25, 0.3) is 11.8 Å². The molecule has 11 N–H and O–H groups in total. The Morgan fingerprint density at radius 2 is 0.722 bits per heavy atom. The van der Waals surface area contributed by atoms with Crippen LogP contribution in [-0.4, -0.2) is 95.8 Å². The van der Waals surface area contributed by atoms with Crippen molar-refractivity contribution < 1.29 is 43.1 Å². The molecule has 0 aliphatic heterocycles. The van der Waals surface area contributed by atoms with Crippen LogP contribution in [0.1, 0.15) is 64.8 Å². The number of nitrogens with one attached hydrogen (secondary N) is 2. The molecule has 0 spiro atoms. The number of nitrogens with two attached hydrogens (primary N) is 4. The molecule has 0 aliphatic carbocycles. The summed E-state index contributed by atoms with van der Waals surface area (Å²) in [5.41, 5.74) is 23.7. The van der Waals surface area contributed by atoms with Crippen LogP contribution in [0.25, 0.3) is 0 Å². The van der Waals surface area contributed by atoms with Crippen molar-refractivity contribution in [3.8, 4) is 34.5 Å². The Bertz CT molecular complexity index is 1380. The number of aliphatic hydroxyl groups is 1. The van der Waals surface area contributed by atoms with Gasteiger partial charge in [0.05, 0.1) is 46.2 Å². The Balaban J connectivity index is 1.45. The summed E-state index contributed by atoms with van der Waals surface area (Å²) in [6, 6.07) is 15.4. The van der Waals surface area contributed by atoms with Crippen molar-refractivity contribution >= 4 is 11.8 Å². The molecule has 3 aromatic carbocycles. The van der Waals surface area contributed by atoms with Crippen molar-refractivity contribution in [3.63, 3.8) is 0 Å². The Hall–Kier alpha value is -4.80. The smallest absolute Gasteiger partial charge is 0.251 e. The van der Waals surface area contributed by atoms with Gasteiger partial charge in [0.15, 0.2) is 0 Å². The third-order valence-corrected chi connectivity index (χ3v) is 7.63. The highest BCUT2D eigenvalue weighted by Crippen LogP contribution is 2.26. The van der Waals surface area contributed by atoms with E-state index in [4.69, 9.17) is 51.4 Å². The van der Waals surface area contributed by atoms with Crippen molar-refractivity contribution in [2.75, 3.05) is 78.9 Å². The topological polar surface area (TPSA) is 238 Å². The monoisotopic (exact) mass is 754 g/mol. The van der Waals surface area contributed by atoms with Crippen molar-refractivity contribution in [1.82, 2.24) is 10.6 Å². The lowest BCUT2D eigenvalue weighted by atomic mass is 10.2. The quantitative estimate of drug-likeness (QED) is 0.0505. The van der Waals surface area contributed by atoms with E-state index in [1.165, 1.54) is 0 Å². The van der Waals surface area contributed by atoms with Gasteiger partial charge in [0.2, 0.25) is 0 Å². The Kier molecular flexibility index (Phi) is 21.0. The van der Waals surface area contributed by atoms with Gasteiger partial charge < -0.3 is 67.1 Å². The fourth-order valence-corrected chi connectivity index (χ4v) is 4.85. The number of amides is 2. The standard InChI is InChI=1S/C39H58N6O9/c40-7-1-13-49-34-21-30(22-35(26-34)50-14-2-8-41)38(47)44-11-5-17-53-32-19-29(28-46)20-33(25-32)54-18-6-12-45-39(48)31-23-36(51-15-3-9-42)27-37(24-31)52-16-4-10-43/h19-27,46H,1-18,28,40-43H2,(H,44,47)(H,45,48). The average Bonchev–Trinajstić information content (AvgIpc) is 3.17. The predicted molar refractivity (Wildman–Crippen MR) is 207 cm³/mol. The van der Waals surface area contributed by atoms with Crippen LogP contribution >= 0.6 is 0 Å². The number of benzene rings is 3. The lowest BCUT2D eigenvalue weighted by molar-refractivity contribution is 0.0942. The molecule has 0 unspecified atom stereocenters. The summed E-state index contributed by atoms with van der Waals surface area (Å²) >= 11 is 0. The average molecular weight is 755 g/mol. The molecule has 0 atom stereocenters. The molecule has 0 heterocycles. The van der Waals surface area contributed by atoms with Gasteiger partial charge in [0.1, 0.15) is 34.5 Å². The molecule has 0 bridgehead atoms. The first-order valence-corrected chi connectivity index (χ1v) is 18.6. The van der Waals surface area contributed by atoms with Crippen LogP contribution in [-0.2, 0) is 6.61 Å². The summed E-state index contributed by atoms with van der Waals surface area (Å²) in [5.74, 6) is 2.62. The summed E-state index contributed by atoms with van der Waals surface area (Å²) in [4.78, 5) is 25.9. The van der Waals surface area contributed by atoms with Crippen LogP contribution in [0.5, 0.6) is 34.5 Å². The molecule has 0 aromatic heterocycles. The molecule has 2 amide bonds. The van der Waals surface area contributed by atoms with Crippen molar-refractivity contribution in [2.45, 2.75) is 45.1 Å². The maximum atomic E-state index is 13.0. The van der Waals surface area contributed by atoms with Crippen molar-refractivity contribution in [2.24, 2.45) is 22.9 Å². The summed E-state index contributed by atoms with van der Waals surface area (Å²) in [6.07, 6.45) is 3.81. The number of hydrogen-bond acceptors (Lipinski definition) is 13. The van der Waals surface area contributed by atoms with Gasteiger partial charge in [-0.25, -0.2) is 0 Å². The minimum absolute atomic E-state index is 0.195. The number of rotatable bonds is 29. The van der Waals surface area contributed by atoms with Gasteiger partial charge in [-0.3, -0.25) is 9.59 Å². The van der Waals surface area contributed by atoms with Crippen LogP contribution in [0.3, 0.4) is 0 Å². The van der Waals surface area contributed by atoms with Crippen LogP contribution in [0, 0.1) is 0 Å². The summed E-state index contributed by atoms with van der Waals surface area (Å²) in [7, 11) is 0. The molecule has 298 valence electrons. The molecular formula is C39H58N6O9. The molecular weight excluding hydrogens is 696 g/mol. The molecule has 0 fully saturated rings. The predicted octanol–water partition coefficient (Wildman–Crippen LogP) is 2.49. The van der Waals surface area contributed by atoms with Crippen LogP contribution in [0.4, 0.5) is 0 Å². The number of carbonyl (C=O) groups excluding carboxylic acids is 2. The highest BCUT2D eigenvalue weighted by atomic mass is 16.5. The second-order valence-electron chi connectivity index (χ2n) is 12.2. The highest BCUT2D eigenvalue weighted by Gasteiger charge is 2.13. The normalized spacial score (nSPS) is 10.8. The summed E-state index contributed by atoms with van der Waals surface area (Å²) in [5, 5.41) is 15.6. The molecule has 0 radical (unpaired) electrons. The largest absolute Gasteiger partial charge is 0.493 e. The second-order valence-corrected chi connectivity index (χ2v) is 12.2.